The van der Waals surface area contributed by atoms with Gasteiger partial charge in [-0.05, 0) is 37.6 Å². The summed E-state index contributed by atoms with van der Waals surface area (Å²) in [5.41, 5.74) is 5.16. The van der Waals surface area contributed by atoms with Gasteiger partial charge in [0, 0.05) is 19.1 Å². The van der Waals surface area contributed by atoms with Gasteiger partial charge in [-0.3, -0.25) is 9.69 Å². The number of nitrogens with one attached hydrogen (secondary N) is 1. The highest BCUT2D eigenvalue weighted by Gasteiger charge is 2.46. The fraction of sp³-hybridized carbons (Fsp3) is 0.929. The Labute approximate surface area is 110 Å². The smallest absolute Gasteiger partial charge is 0.237 e. The molecule has 4 nitrogen and oxygen atoms in total. The number of amides is 1. The van der Waals surface area contributed by atoms with E-state index in [2.05, 4.69) is 24.1 Å². The molecule has 1 heterocycles. The molecule has 0 aromatic heterocycles. The van der Waals surface area contributed by atoms with Crippen LogP contribution in [0.2, 0.25) is 0 Å². The number of likely N-dealkylation sites (N-methyl/N-ethyl adjacent to an activating group) is 1. The molecule has 18 heavy (non-hydrogen) atoms. The van der Waals surface area contributed by atoms with Crippen LogP contribution in [-0.4, -0.2) is 42.0 Å². The Hall–Kier alpha value is -0.610. The van der Waals surface area contributed by atoms with E-state index in [1.165, 1.54) is 13.1 Å². The van der Waals surface area contributed by atoms with Crippen LogP contribution in [-0.2, 0) is 4.79 Å². The van der Waals surface area contributed by atoms with Crippen molar-refractivity contribution in [3.63, 3.8) is 0 Å². The van der Waals surface area contributed by atoms with Crippen LogP contribution in [0.15, 0.2) is 0 Å². The molecule has 1 saturated heterocycles. The van der Waals surface area contributed by atoms with Crippen LogP contribution in [0.1, 0.15) is 40.0 Å². The van der Waals surface area contributed by atoms with E-state index in [9.17, 15) is 4.79 Å². The Morgan fingerprint density at radius 1 is 1.39 bits per heavy atom. The average Bonchev–Trinajstić information content (AvgIpc) is 2.86. The van der Waals surface area contributed by atoms with Crippen LogP contribution in [0, 0.1) is 11.8 Å². The van der Waals surface area contributed by atoms with E-state index >= 15 is 0 Å². The highest BCUT2D eigenvalue weighted by Crippen LogP contribution is 2.36. The molecule has 1 aliphatic carbocycles. The quantitative estimate of drug-likeness (QED) is 0.784. The van der Waals surface area contributed by atoms with Crippen LogP contribution in [0.3, 0.4) is 0 Å². The third-order valence-corrected chi connectivity index (χ3v) is 5.01. The molecule has 0 spiro atoms. The summed E-state index contributed by atoms with van der Waals surface area (Å²) in [6, 6.07) is 0.531. The number of carbonyl (C=O) groups excluding carboxylic acids is 1. The van der Waals surface area contributed by atoms with E-state index in [1.54, 1.807) is 0 Å². The number of likely N-dealkylation sites (tertiary alicyclic amines) is 1. The largest absolute Gasteiger partial charge is 0.368 e. The van der Waals surface area contributed by atoms with Crippen LogP contribution >= 0.6 is 0 Å². The van der Waals surface area contributed by atoms with E-state index in [-0.39, 0.29) is 5.91 Å². The van der Waals surface area contributed by atoms with Gasteiger partial charge in [0.25, 0.3) is 0 Å². The van der Waals surface area contributed by atoms with Crippen LogP contribution in [0.4, 0.5) is 0 Å². The molecule has 2 rings (SSSR count). The lowest BCUT2D eigenvalue weighted by Gasteiger charge is -2.29. The molecule has 2 fully saturated rings. The molecule has 0 radical (unpaired) electrons. The first kappa shape index (κ1) is 13.8. The summed E-state index contributed by atoms with van der Waals surface area (Å²) in [4.78, 5) is 14.3. The lowest BCUT2D eigenvalue weighted by molar-refractivity contribution is -0.124. The van der Waals surface area contributed by atoms with Crippen molar-refractivity contribution >= 4 is 5.91 Å². The standard InChI is InChI=1S/C14H27N3O/c1-4-16-14(13(15)18)6-5-12(7-14)17-8-10(2)11(3)9-17/h10-12,16H,4-9H2,1-3H3,(H2,15,18). The van der Waals surface area contributed by atoms with E-state index in [4.69, 9.17) is 5.73 Å². The third kappa shape index (κ3) is 2.41. The van der Waals surface area contributed by atoms with Gasteiger partial charge in [0.05, 0.1) is 5.54 Å². The Morgan fingerprint density at radius 3 is 2.50 bits per heavy atom. The lowest BCUT2D eigenvalue weighted by atomic mass is 9.96. The maximum atomic E-state index is 11.7. The average molecular weight is 253 g/mol. The summed E-state index contributed by atoms with van der Waals surface area (Å²) in [6.07, 6.45) is 2.87. The minimum atomic E-state index is -0.450. The fourth-order valence-corrected chi connectivity index (χ4v) is 3.61. The van der Waals surface area contributed by atoms with E-state index < -0.39 is 5.54 Å². The molecule has 1 amide bonds. The number of rotatable bonds is 4. The summed E-state index contributed by atoms with van der Waals surface area (Å²) < 4.78 is 0. The second kappa shape index (κ2) is 5.17. The predicted octanol–water partition coefficient (Wildman–Crippen LogP) is 0.960. The third-order valence-electron chi connectivity index (χ3n) is 5.01. The van der Waals surface area contributed by atoms with Crippen molar-refractivity contribution in [3.8, 4) is 0 Å². The Morgan fingerprint density at radius 2 is 2.00 bits per heavy atom. The monoisotopic (exact) mass is 253 g/mol. The SMILES string of the molecule is CCNC1(C(N)=O)CCC(N2CC(C)C(C)C2)C1. The molecule has 1 saturated carbocycles. The number of primary amides is 1. The number of carbonyl (C=O) groups is 1. The number of hydrogen-bond donors (Lipinski definition) is 2. The van der Waals surface area contributed by atoms with Crippen LogP contribution < -0.4 is 11.1 Å². The van der Waals surface area contributed by atoms with Crippen LogP contribution in [0.5, 0.6) is 0 Å². The first-order valence-corrected chi connectivity index (χ1v) is 7.27. The normalized spacial score (nSPS) is 41.4. The molecular formula is C14H27N3O. The van der Waals surface area contributed by atoms with E-state index in [1.807, 2.05) is 6.92 Å². The first-order chi connectivity index (χ1) is 8.48. The number of nitrogens with zero attached hydrogens (tertiary/aromatic N) is 1. The van der Waals surface area contributed by atoms with Gasteiger partial charge in [0.2, 0.25) is 5.91 Å². The maximum absolute atomic E-state index is 11.7. The zero-order valence-electron chi connectivity index (χ0n) is 11.9. The van der Waals surface area contributed by atoms with Gasteiger partial charge in [-0.15, -0.1) is 0 Å². The molecule has 2 aliphatic rings. The van der Waals surface area contributed by atoms with Crippen molar-refractivity contribution in [1.29, 1.82) is 0 Å². The second-order valence-electron chi connectivity index (χ2n) is 6.28. The van der Waals surface area contributed by atoms with Crippen LogP contribution in [0.25, 0.3) is 0 Å². The molecule has 0 aromatic carbocycles. The van der Waals surface area contributed by atoms with Crippen molar-refractivity contribution in [3.05, 3.63) is 0 Å². The van der Waals surface area contributed by atoms with Crippen molar-refractivity contribution in [2.75, 3.05) is 19.6 Å². The van der Waals surface area contributed by atoms with Crippen molar-refractivity contribution < 1.29 is 4.79 Å². The molecule has 0 bridgehead atoms. The Balaban J connectivity index is 2.01. The Bertz CT molecular complexity index is 310. The zero-order valence-corrected chi connectivity index (χ0v) is 11.9. The molecule has 104 valence electrons. The Kier molecular flexibility index (Phi) is 3.97. The summed E-state index contributed by atoms with van der Waals surface area (Å²) in [5.74, 6) is 1.37. The maximum Gasteiger partial charge on any atom is 0.237 e. The minimum absolute atomic E-state index is 0.174. The molecule has 4 unspecified atom stereocenters. The van der Waals surface area contributed by atoms with Crippen molar-refractivity contribution in [1.82, 2.24) is 10.2 Å². The topological polar surface area (TPSA) is 58.4 Å². The van der Waals surface area contributed by atoms with Gasteiger partial charge in [-0.25, -0.2) is 0 Å². The summed E-state index contributed by atoms with van der Waals surface area (Å²) in [7, 11) is 0. The molecule has 4 atom stereocenters. The summed E-state index contributed by atoms with van der Waals surface area (Å²) in [6.45, 7) is 9.84. The fourth-order valence-electron chi connectivity index (χ4n) is 3.61. The highest BCUT2D eigenvalue weighted by atomic mass is 16.1. The van der Waals surface area contributed by atoms with Gasteiger partial charge in [0.15, 0.2) is 0 Å². The molecule has 4 heteroatoms. The van der Waals surface area contributed by atoms with Gasteiger partial charge < -0.3 is 11.1 Å². The molecule has 3 N–H and O–H groups in total. The molecule has 0 aromatic rings. The molecular weight excluding hydrogens is 226 g/mol. The lowest BCUT2D eigenvalue weighted by Crippen LogP contribution is -2.54. The minimum Gasteiger partial charge on any atom is -0.368 e. The van der Waals surface area contributed by atoms with E-state index in [0.29, 0.717) is 6.04 Å². The number of nitrogens with two attached hydrogens (primary N) is 1. The summed E-state index contributed by atoms with van der Waals surface area (Å²) >= 11 is 0. The highest BCUT2D eigenvalue weighted by molar-refractivity contribution is 5.85. The van der Waals surface area contributed by atoms with Gasteiger partial charge >= 0.3 is 0 Å². The van der Waals surface area contributed by atoms with Gasteiger partial charge in [-0.2, -0.15) is 0 Å². The second-order valence-corrected chi connectivity index (χ2v) is 6.28. The first-order valence-electron chi connectivity index (χ1n) is 7.27. The van der Waals surface area contributed by atoms with Gasteiger partial charge in [0.1, 0.15) is 0 Å². The van der Waals surface area contributed by atoms with Crippen molar-refractivity contribution in [2.24, 2.45) is 17.6 Å². The predicted molar refractivity (Wildman–Crippen MR) is 73.1 cm³/mol. The van der Waals surface area contributed by atoms with E-state index in [0.717, 1.165) is 37.6 Å². The molecule has 1 aliphatic heterocycles. The number of hydrogen-bond acceptors (Lipinski definition) is 3. The van der Waals surface area contributed by atoms with Gasteiger partial charge in [-0.1, -0.05) is 20.8 Å². The van der Waals surface area contributed by atoms with Crippen molar-refractivity contribution in [2.45, 2.75) is 51.6 Å². The zero-order chi connectivity index (χ0) is 13.3. The summed E-state index contributed by atoms with van der Waals surface area (Å²) in [5, 5.41) is 3.33.